The Balaban J connectivity index is 2.97. The Bertz CT molecular complexity index is 433. The zero-order valence-corrected chi connectivity index (χ0v) is 12.9. The number of ether oxygens (including phenoxy) is 2. The van der Waals surface area contributed by atoms with Crippen molar-refractivity contribution in [3.63, 3.8) is 0 Å². The van der Waals surface area contributed by atoms with Gasteiger partial charge in [-0.25, -0.2) is 0 Å². The van der Waals surface area contributed by atoms with E-state index in [0.29, 0.717) is 31.3 Å². The molecule has 0 aliphatic carbocycles. The number of nitrogens with zero attached hydrogens (tertiary/aromatic N) is 2. The van der Waals surface area contributed by atoms with E-state index >= 15 is 0 Å². The largest absolute Gasteiger partial charge is 0.465 e. The first-order chi connectivity index (χ1) is 9.52. The lowest BCUT2D eigenvalue weighted by molar-refractivity contribution is -0.145. The number of carbonyl (C=O) groups excluding carboxylic acids is 1. The predicted octanol–water partition coefficient (Wildman–Crippen LogP) is 2.79. The fourth-order valence-corrected chi connectivity index (χ4v) is 1.92. The van der Waals surface area contributed by atoms with Gasteiger partial charge in [0, 0.05) is 6.61 Å². The molecule has 0 amide bonds. The highest BCUT2D eigenvalue weighted by atomic mass is 16.5. The molecule has 114 valence electrons. The normalized spacial score (nSPS) is 15.7. The Hall–Kier alpha value is -1.43. The zero-order chi connectivity index (χ0) is 15.2. The molecule has 2 atom stereocenters. The van der Waals surface area contributed by atoms with Gasteiger partial charge in [0.05, 0.1) is 6.61 Å². The summed E-state index contributed by atoms with van der Waals surface area (Å²) in [5.41, 5.74) is -0.594. The van der Waals surface area contributed by atoms with Crippen LogP contribution < -0.4 is 0 Å². The first-order valence-electron chi connectivity index (χ1n) is 7.16. The van der Waals surface area contributed by atoms with Crippen molar-refractivity contribution in [1.82, 2.24) is 10.1 Å². The first kappa shape index (κ1) is 16.6. The molecule has 0 aliphatic heterocycles. The SMILES string of the molecule is CCOC(=O)C(CC)c1nc(C(C)(CC)OCC)no1. The second kappa shape index (κ2) is 7.38. The van der Waals surface area contributed by atoms with E-state index in [4.69, 9.17) is 14.0 Å². The summed E-state index contributed by atoms with van der Waals surface area (Å²) in [7, 11) is 0. The molecule has 0 spiro atoms. The number of carbonyl (C=O) groups is 1. The van der Waals surface area contributed by atoms with Crippen LogP contribution in [0, 0.1) is 0 Å². The van der Waals surface area contributed by atoms with Gasteiger partial charge in [-0.3, -0.25) is 4.79 Å². The van der Waals surface area contributed by atoms with Gasteiger partial charge in [0.15, 0.2) is 0 Å². The Kier molecular flexibility index (Phi) is 6.13. The smallest absolute Gasteiger partial charge is 0.318 e. The molecular weight excluding hydrogens is 260 g/mol. The number of hydrogen-bond acceptors (Lipinski definition) is 6. The van der Waals surface area contributed by atoms with Crippen LogP contribution in [0.1, 0.15) is 65.1 Å². The van der Waals surface area contributed by atoms with Gasteiger partial charge >= 0.3 is 5.97 Å². The summed E-state index contributed by atoms with van der Waals surface area (Å²) in [5.74, 6) is -0.0846. The van der Waals surface area contributed by atoms with Crippen molar-refractivity contribution in [2.75, 3.05) is 13.2 Å². The minimum absolute atomic E-state index is 0.292. The maximum Gasteiger partial charge on any atom is 0.318 e. The van der Waals surface area contributed by atoms with Gasteiger partial charge in [-0.05, 0) is 33.6 Å². The third-order valence-electron chi connectivity index (χ3n) is 3.33. The molecule has 1 aromatic rings. The summed E-state index contributed by atoms with van der Waals surface area (Å²) in [6.45, 7) is 10.4. The topological polar surface area (TPSA) is 74.5 Å². The molecule has 6 nitrogen and oxygen atoms in total. The molecule has 2 unspecified atom stereocenters. The Morgan fingerprint density at radius 3 is 2.50 bits per heavy atom. The predicted molar refractivity (Wildman–Crippen MR) is 73.2 cm³/mol. The van der Waals surface area contributed by atoms with Crippen LogP contribution in [0.4, 0.5) is 0 Å². The fourth-order valence-electron chi connectivity index (χ4n) is 1.92. The van der Waals surface area contributed by atoms with Crippen molar-refractivity contribution < 1.29 is 18.8 Å². The fraction of sp³-hybridized carbons (Fsp3) is 0.786. The van der Waals surface area contributed by atoms with Crippen LogP contribution in [0.15, 0.2) is 4.52 Å². The molecule has 0 aliphatic rings. The highest BCUT2D eigenvalue weighted by molar-refractivity contribution is 5.76. The van der Waals surface area contributed by atoms with Gasteiger partial charge in [0.25, 0.3) is 0 Å². The molecule has 20 heavy (non-hydrogen) atoms. The number of esters is 1. The van der Waals surface area contributed by atoms with Gasteiger partial charge in [0.1, 0.15) is 11.5 Å². The van der Waals surface area contributed by atoms with Crippen LogP contribution in [0.3, 0.4) is 0 Å². The van der Waals surface area contributed by atoms with E-state index in [-0.39, 0.29) is 5.97 Å². The lowest BCUT2D eigenvalue weighted by atomic mass is 10.0. The highest BCUT2D eigenvalue weighted by Gasteiger charge is 2.34. The minimum Gasteiger partial charge on any atom is -0.465 e. The van der Waals surface area contributed by atoms with Crippen LogP contribution >= 0.6 is 0 Å². The number of aromatic nitrogens is 2. The maximum atomic E-state index is 11.8. The minimum atomic E-state index is -0.594. The van der Waals surface area contributed by atoms with Crippen molar-refractivity contribution in [2.24, 2.45) is 0 Å². The molecule has 1 aromatic heterocycles. The maximum absolute atomic E-state index is 11.8. The van der Waals surface area contributed by atoms with Gasteiger partial charge in [-0.1, -0.05) is 19.0 Å². The van der Waals surface area contributed by atoms with E-state index in [2.05, 4.69) is 10.1 Å². The average Bonchev–Trinajstić information content (AvgIpc) is 2.90. The summed E-state index contributed by atoms with van der Waals surface area (Å²) < 4.78 is 16.0. The monoisotopic (exact) mass is 284 g/mol. The summed E-state index contributed by atoms with van der Waals surface area (Å²) in [6, 6.07) is 0. The molecule has 0 N–H and O–H groups in total. The Morgan fingerprint density at radius 1 is 1.30 bits per heavy atom. The summed E-state index contributed by atoms with van der Waals surface area (Å²) >= 11 is 0. The van der Waals surface area contributed by atoms with Crippen molar-refractivity contribution in [2.45, 2.75) is 59.0 Å². The second-order valence-corrected chi connectivity index (χ2v) is 4.69. The molecule has 0 radical (unpaired) electrons. The van der Waals surface area contributed by atoms with Crippen LogP contribution in [0.25, 0.3) is 0 Å². The van der Waals surface area contributed by atoms with Crippen LogP contribution in [0.5, 0.6) is 0 Å². The molecule has 6 heteroatoms. The molecule has 0 bridgehead atoms. The quantitative estimate of drug-likeness (QED) is 0.683. The second-order valence-electron chi connectivity index (χ2n) is 4.69. The molecule has 1 heterocycles. The van der Waals surface area contributed by atoms with E-state index < -0.39 is 11.5 Å². The van der Waals surface area contributed by atoms with Crippen molar-refractivity contribution in [3.8, 4) is 0 Å². The van der Waals surface area contributed by atoms with Crippen molar-refractivity contribution in [1.29, 1.82) is 0 Å². The first-order valence-corrected chi connectivity index (χ1v) is 7.16. The lowest BCUT2D eigenvalue weighted by Gasteiger charge is -2.23. The van der Waals surface area contributed by atoms with Gasteiger partial charge in [-0.15, -0.1) is 0 Å². The van der Waals surface area contributed by atoms with Crippen molar-refractivity contribution >= 4 is 5.97 Å². The standard InChI is InChI=1S/C14H24N2O4/c1-6-10(12(17)18-8-3)11-15-13(16-20-11)14(5,7-2)19-9-4/h10H,6-9H2,1-5H3. The van der Waals surface area contributed by atoms with E-state index in [1.807, 2.05) is 27.7 Å². The van der Waals surface area contributed by atoms with Crippen LogP contribution in [-0.2, 0) is 19.9 Å². The van der Waals surface area contributed by atoms with Gasteiger partial charge in [-0.2, -0.15) is 4.98 Å². The number of rotatable bonds is 8. The van der Waals surface area contributed by atoms with E-state index in [1.165, 1.54) is 0 Å². The highest BCUT2D eigenvalue weighted by Crippen LogP contribution is 2.28. The third-order valence-corrected chi connectivity index (χ3v) is 3.33. The molecule has 1 rings (SSSR count). The Labute approximate surface area is 119 Å². The average molecular weight is 284 g/mol. The van der Waals surface area contributed by atoms with Crippen molar-refractivity contribution in [3.05, 3.63) is 11.7 Å². The molecule has 0 fully saturated rings. The molecule has 0 saturated carbocycles. The van der Waals surface area contributed by atoms with Gasteiger partial charge < -0.3 is 14.0 Å². The number of hydrogen-bond donors (Lipinski definition) is 0. The Morgan fingerprint density at radius 2 is 2.00 bits per heavy atom. The van der Waals surface area contributed by atoms with E-state index in [1.54, 1.807) is 6.92 Å². The zero-order valence-electron chi connectivity index (χ0n) is 12.9. The lowest BCUT2D eigenvalue weighted by Crippen LogP contribution is -2.26. The van der Waals surface area contributed by atoms with Crippen LogP contribution in [0.2, 0.25) is 0 Å². The van der Waals surface area contributed by atoms with Gasteiger partial charge in [0.2, 0.25) is 11.7 Å². The van der Waals surface area contributed by atoms with E-state index in [9.17, 15) is 4.79 Å². The molecule has 0 saturated heterocycles. The third kappa shape index (κ3) is 3.56. The molecular formula is C14H24N2O4. The summed E-state index contributed by atoms with van der Waals surface area (Å²) in [5, 5.41) is 3.97. The van der Waals surface area contributed by atoms with E-state index in [0.717, 1.165) is 6.42 Å². The molecule has 0 aromatic carbocycles. The summed E-state index contributed by atoms with van der Waals surface area (Å²) in [6.07, 6.45) is 1.27. The summed E-state index contributed by atoms with van der Waals surface area (Å²) in [4.78, 5) is 16.2. The van der Waals surface area contributed by atoms with Crippen LogP contribution in [-0.4, -0.2) is 29.3 Å².